The molecular weight excluding hydrogens is 1240 g/mol. The van der Waals surface area contributed by atoms with Crippen LogP contribution in [-0.2, 0) is 0 Å². The van der Waals surface area contributed by atoms with Crippen molar-refractivity contribution in [1.82, 2.24) is 61.4 Å². The molecule has 0 aliphatic heterocycles. The van der Waals surface area contributed by atoms with Gasteiger partial charge in [0.1, 0.15) is 11.0 Å². The van der Waals surface area contributed by atoms with Crippen LogP contribution in [0.15, 0.2) is 152 Å². The van der Waals surface area contributed by atoms with Crippen LogP contribution in [0.2, 0.25) is 0 Å². The van der Waals surface area contributed by atoms with Crippen LogP contribution in [0.1, 0.15) is 64.8 Å². The number of carbonyl (C=O) groups is 2. The van der Waals surface area contributed by atoms with E-state index in [0.29, 0.717) is 120 Å². The molecular formula is C67H76N22O8. The van der Waals surface area contributed by atoms with Crippen LogP contribution in [0.25, 0.3) is 77.2 Å². The van der Waals surface area contributed by atoms with Gasteiger partial charge in [-0.25, -0.2) is 34.1 Å². The minimum absolute atomic E-state index is 0.0253. The third-order valence-corrected chi connectivity index (χ3v) is 15.6. The molecule has 30 nitrogen and oxygen atoms in total. The number of amides is 2. The molecule has 0 fully saturated rings. The summed E-state index contributed by atoms with van der Waals surface area (Å²) in [7, 11) is 2.03. The summed E-state index contributed by atoms with van der Waals surface area (Å²) >= 11 is 0. The Bertz CT molecular complexity index is 4710. The highest BCUT2D eigenvalue weighted by molar-refractivity contribution is 6.07. The fourth-order valence-corrected chi connectivity index (χ4v) is 10.6. The van der Waals surface area contributed by atoms with Crippen LogP contribution in [0, 0.1) is 38.2 Å². The number of para-hydroxylation sites is 11. The number of nitrogens with zero attached hydrogens (tertiary/aromatic N) is 14. The zero-order chi connectivity index (χ0) is 68.0. The van der Waals surface area contributed by atoms with E-state index in [2.05, 4.69) is 72.4 Å². The number of benzene rings is 7. The molecule has 97 heavy (non-hydrogen) atoms. The van der Waals surface area contributed by atoms with Crippen molar-refractivity contribution in [2.75, 3.05) is 102 Å². The van der Waals surface area contributed by atoms with Gasteiger partial charge in [-0.2, -0.15) is 0 Å². The summed E-state index contributed by atoms with van der Waals surface area (Å²) in [5.74, 6) is -0.376. The number of aryl methyl sites for hydroxylation is 1. The van der Waals surface area contributed by atoms with E-state index in [1.165, 1.54) is 0 Å². The standard InChI is InChI=1S/C27H28N8O3.C26H26N8O3.C14H22N6O2/c1-18-8-4-10-20-24(18)32-25-19(9-5-11-21(25)31-20)26(36)29-16-6-14-28-15-7-17-30-27-33-35(38)23-13-3-2-12-22(23)34(27)37;35-25(18-8-5-11-21-24(18)31-20-10-2-1-9-19(20)30-21)28-16-6-14-27-15-7-17-29-26-32-34(37)23-13-4-3-12-22(23)33(26)36;1-18(10-4-8-15)11-5-9-16-14-17-20(22)13-7-3-2-6-12(13)19(14)21/h2-5,8-13,28H,6-7,14-17H2,1H3,(H,29,36)(H,30,33);1-5,8-13,27H,6-7,14-17H2,(H,28,35)(H,29,32);2-3,6-7H,4-5,8-11,15H2,1H3,(H,16,17). The molecule has 0 unspecified atom stereocenters. The lowest BCUT2D eigenvalue weighted by Gasteiger charge is -2.15. The number of hydrogen-bond acceptors (Lipinski definition) is 22. The third kappa shape index (κ3) is 17.5. The van der Waals surface area contributed by atoms with E-state index in [-0.39, 0.29) is 57.2 Å². The maximum Gasteiger partial charge on any atom is 0.460 e. The van der Waals surface area contributed by atoms with Crippen LogP contribution in [-0.4, -0.2) is 138 Å². The molecule has 0 atom stereocenters. The molecule has 0 aliphatic rings. The zero-order valence-electron chi connectivity index (χ0n) is 53.8. The van der Waals surface area contributed by atoms with Crippen molar-refractivity contribution in [3.05, 3.63) is 200 Å². The maximum absolute atomic E-state index is 12.9. The van der Waals surface area contributed by atoms with Crippen molar-refractivity contribution in [3.63, 3.8) is 0 Å². The lowest BCUT2D eigenvalue weighted by molar-refractivity contribution is -0.672. The second-order valence-corrected chi connectivity index (χ2v) is 22.7. The van der Waals surface area contributed by atoms with Crippen molar-refractivity contribution in [2.24, 2.45) is 5.73 Å². The van der Waals surface area contributed by atoms with Crippen LogP contribution in [0.3, 0.4) is 0 Å². The Hall–Kier alpha value is -11.5. The quantitative estimate of drug-likeness (QED) is 0.0150. The Balaban J connectivity index is 0.000000164. The van der Waals surface area contributed by atoms with Gasteiger partial charge >= 0.3 is 17.8 Å². The molecule has 0 bridgehead atoms. The van der Waals surface area contributed by atoms with Crippen molar-refractivity contribution >= 4 is 107 Å². The van der Waals surface area contributed by atoms with Crippen molar-refractivity contribution in [1.29, 1.82) is 0 Å². The molecule has 9 N–H and O–H groups in total. The fourth-order valence-electron chi connectivity index (χ4n) is 10.6. The third-order valence-electron chi connectivity index (χ3n) is 15.6. The number of anilines is 3. The van der Waals surface area contributed by atoms with E-state index in [9.17, 15) is 40.8 Å². The Kier molecular flexibility index (Phi) is 23.7. The minimum Gasteiger partial charge on any atom is -0.739 e. The first kappa shape index (κ1) is 68.4. The second kappa shape index (κ2) is 33.6. The largest absolute Gasteiger partial charge is 0.739 e. The Labute approximate surface area is 556 Å². The fraction of sp³-hybridized carbons (Fsp3) is 0.299. The molecule has 12 aromatic rings. The Morgan fingerprint density at radius 1 is 0.392 bits per heavy atom. The first-order valence-corrected chi connectivity index (χ1v) is 32.0. The van der Waals surface area contributed by atoms with E-state index in [1.54, 1.807) is 84.9 Å². The van der Waals surface area contributed by atoms with E-state index in [4.69, 9.17) is 10.7 Å². The topological polar surface area (TPSA) is 399 Å². The van der Waals surface area contributed by atoms with Crippen molar-refractivity contribution < 1.29 is 38.3 Å². The number of nitrogens with one attached hydrogen (secondary N) is 7. The Morgan fingerprint density at radius 2 is 0.742 bits per heavy atom. The van der Waals surface area contributed by atoms with Crippen LogP contribution in [0.4, 0.5) is 17.8 Å². The first-order valence-electron chi connectivity index (χ1n) is 32.0. The minimum atomic E-state index is -0.177. The molecule has 2 amide bonds. The summed E-state index contributed by atoms with van der Waals surface area (Å²) in [6, 6.07) is 44.0. The molecule has 0 saturated heterocycles. The molecule has 0 aliphatic carbocycles. The van der Waals surface area contributed by atoms with Crippen LogP contribution in [0.5, 0.6) is 0 Å². The highest BCUT2D eigenvalue weighted by Crippen LogP contribution is 2.23. The number of aromatic nitrogens is 13. The molecule has 0 saturated carbocycles. The van der Waals surface area contributed by atoms with Gasteiger partial charge in [0.2, 0.25) is 15.3 Å². The van der Waals surface area contributed by atoms with Crippen LogP contribution >= 0.6 is 0 Å². The molecule has 12 rings (SSSR count). The van der Waals surface area contributed by atoms with Gasteiger partial charge in [0.25, 0.3) is 28.4 Å². The normalized spacial score (nSPS) is 11.3. The van der Waals surface area contributed by atoms with Gasteiger partial charge in [-0.1, -0.05) is 72.8 Å². The average molecular weight is 1320 g/mol. The lowest BCUT2D eigenvalue weighted by Crippen LogP contribution is -2.44. The predicted molar refractivity (Wildman–Crippen MR) is 368 cm³/mol. The summed E-state index contributed by atoms with van der Waals surface area (Å²) in [5.41, 5.74) is 14.7. The lowest BCUT2D eigenvalue weighted by atomic mass is 10.1. The summed E-state index contributed by atoms with van der Waals surface area (Å²) < 4.78 is 1.91. The van der Waals surface area contributed by atoms with Gasteiger partial charge in [-0.15, -0.1) is 0 Å². The summed E-state index contributed by atoms with van der Waals surface area (Å²) in [6.45, 7) is 9.91. The highest BCUT2D eigenvalue weighted by atomic mass is 16.5. The molecule has 5 aromatic heterocycles. The molecule has 7 aromatic carbocycles. The predicted octanol–water partition coefficient (Wildman–Crippen LogP) is 3.51. The monoisotopic (exact) mass is 1320 g/mol. The summed E-state index contributed by atoms with van der Waals surface area (Å²) in [6.07, 6.45) is 4.76. The van der Waals surface area contributed by atoms with Gasteiger partial charge in [-0.3, -0.25) is 25.5 Å². The molecule has 5 heterocycles. The second-order valence-electron chi connectivity index (χ2n) is 22.7. The average Bonchev–Trinajstić information content (AvgIpc) is 0.807. The van der Waals surface area contributed by atoms with Crippen molar-refractivity contribution in [2.45, 2.75) is 45.4 Å². The zero-order valence-corrected chi connectivity index (χ0v) is 53.8. The van der Waals surface area contributed by atoms with Gasteiger partial charge in [0, 0.05) is 52.4 Å². The number of fused-ring (bicyclic) bond motifs is 7. The molecule has 30 heteroatoms. The Morgan fingerprint density at radius 3 is 1.20 bits per heavy atom. The van der Waals surface area contributed by atoms with Gasteiger partial charge in [0.05, 0.1) is 63.9 Å². The van der Waals surface area contributed by atoms with Crippen LogP contribution < -0.4 is 71.7 Å². The number of carbonyl (C=O) groups excluding carboxylic acids is 2. The van der Waals surface area contributed by atoms with Gasteiger partial charge < -0.3 is 63.1 Å². The molecule has 0 radical (unpaired) electrons. The number of rotatable bonds is 28. The van der Waals surface area contributed by atoms with E-state index in [0.717, 1.165) is 92.3 Å². The number of hydrogen-bond donors (Lipinski definition) is 8. The highest BCUT2D eigenvalue weighted by Gasteiger charge is 2.23. The first-order chi connectivity index (χ1) is 47.3. The van der Waals surface area contributed by atoms with E-state index < -0.39 is 0 Å². The molecule has 0 spiro atoms. The summed E-state index contributed by atoms with van der Waals surface area (Å²) in [5, 5.41) is 105. The van der Waals surface area contributed by atoms with Gasteiger partial charge in [-0.05, 0) is 158 Å². The SMILES string of the molecule is CN(CCCN)CCCNc1n[n+]([O-])c2ccccc2[n+]1[O-].Cc1cccc2nc3cccc(C(=O)NCCCNCCCNc4n[n+]([O-])c5ccccc5[n+]4[O-])c3nc12.O=C(NCCCNCCCNc1n[n+]([O-])c2ccccc2[n+]1[O-])c1cccc2nc3ccccc3nc12. The number of nitrogens with two attached hydrogens (primary N) is 1. The molecule has 502 valence electrons. The maximum atomic E-state index is 12.9. The smallest absolute Gasteiger partial charge is 0.460 e. The van der Waals surface area contributed by atoms with E-state index >= 15 is 0 Å². The van der Waals surface area contributed by atoms with Gasteiger partial charge in [0.15, 0.2) is 16.6 Å². The summed E-state index contributed by atoms with van der Waals surface area (Å²) in [4.78, 5) is 47.9. The van der Waals surface area contributed by atoms with E-state index in [1.807, 2.05) is 80.7 Å². The van der Waals surface area contributed by atoms with Crippen molar-refractivity contribution in [3.8, 4) is 0 Å².